The number of halogens is 3. The van der Waals surface area contributed by atoms with E-state index in [-0.39, 0.29) is 38.4 Å². The largest absolute Gasteiger partial charge is 0.264 e. The van der Waals surface area contributed by atoms with Gasteiger partial charge in [0.05, 0.1) is 11.2 Å². The standard InChI is InChI=1S/4C18H15P.C13H11ClN4.C9H9N2.C4H2Cl2N2.CH4.3CH3.Pd.Sn/c4*1-4-10-16(11-5-1)19(17-12-6-2-7-13-17)18-14-8-3-9-15-18;1-2-18-11-6-4-3-5-9(11)12(17-18)10-7-8-15-13(14)16-10;1-2-11-9-6-4-3-5-8(9)7-10-11;5-3-1-2-7-4(6)8-3;;;;;;/h4*1-15H;3-8H,2H2,1H3;3-6H,2H2,1H3;1-2H;1H4;3*1H3;;. The molecule has 0 aliphatic carbocycles. The second-order valence-corrected chi connectivity index (χ2v) is 51.5. The summed E-state index contributed by atoms with van der Waals surface area (Å²) >= 11 is 14.5. The molecule has 0 unspecified atom stereocenters. The number of benzene rings is 14. The third kappa shape index (κ3) is 26.6. The molecule has 0 amide bonds. The predicted octanol–water partition coefficient (Wildman–Crippen LogP) is 22.0. The quantitative estimate of drug-likeness (QED) is 0.0415. The molecule has 598 valence electrons. The number of aromatic nitrogens is 8. The van der Waals surface area contributed by atoms with E-state index in [4.69, 9.17) is 39.9 Å². The summed E-state index contributed by atoms with van der Waals surface area (Å²) < 4.78 is 5.50. The van der Waals surface area contributed by atoms with Crippen molar-refractivity contribution in [2.75, 3.05) is 0 Å². The van der Waals surface area contributed by atoms with Crippen molar-refractivity contribution in [3.63, 3.8) is 0 Å². The van der Waals surface area contributed by atoms with Crippen molar-refractivity contribution in [2.45, 2.75) is 49.2 Å². The minimum absolute atomic E-state index is 0. The van der Waals surface area contributed by atoms with Crippen LogP contribution in [0.4, 0.5) is 0 Å². The summed E-state index contributed by atoms with van der Waals surface area (Å²) in [5.74, 6) is 0. The van der Waals surface area contributed by atoms with Crippen LogP contribution < -0.4 is 67.4 Å². The van der Waals surface area contributed by atoms with E-state index in [1.807, 2.05) is 28.9 Å². The molecule has 0 atom stereocenters. The van der Waals surface area contributed by atoms with E-state index in [0.717, 1.165) is 35.4 Å². The molecule has 0 bridgehead atoms. The normalized spacial score (nSPS) is 10.6. The first-order valence-electron chi connectivity index (χ1n) is 38.8. The van der Waals surface area contributed by atoms with E-state index < -0.39 is 50.1 Å². The Bertz CT molecular complexity index is 5030. The Kier molecular flexibility index (Phi) is 37.3. The number of para-hydroxylation sites is 2. The topological polar surface area (TPSA) is 87.2 Å². The van der Waals surface area contributed by atoms with Crippen LogP contribution in [0.2, 0.25) is 30.5 Å². The molecule has 0 aliphatic rings. The van der Waals surface area contributed by atoms with Crippen LogP contribution in [0.15, 0.2) is 437 Å². The van der Waals surface area contributed by atoms with Gasteiger partial charge in [0.2, 0.25) is 10.6 Å². The van der Waals surface area contributed by atoms with Gasteiger partial charge in [0.15, 0.2) is 0 Å². The molecule has 4 heterocycles. The first-order valence-corrected chi connectivity index (χ1v) is 55.3. The summed E-state index contributed by atoms with van der Waals surface area (Å²) in [7, 11) is -1.78. The summed E-state index contributed by atoms with van der Waals surface area (Å²) in [5.41, 5.74) is 3.99. The number of hydrogen-bond acceptors (Lipinski definition) is 6. The van der Waals surface area contributed by atoms with Crippen LogP contribution in [0.5, 0.6) is 0 Å². The first kappa shape index (κ1) is 91.5. The van der Waals surface area contributed by atoms with Crippen LogP contribution in [-0.2, 0) is 33.5 Å². The molecular weight excluding hydrogens is 1790 g/mol. The van der Waals surface area contributed by atoms with Crippen LogP contribution in [0.3, 0.4) is 0 Å². The molecule has 14 aromatic carbocycles. The molecule has 0 N–H and O–H groups in total. The average molecular weight is 1890 g/mol. The fourth-order valence-electron chi connectivity index (χ4n) is 13.0. The van der Waals surface area contributed by atoms with Crippen molar-refractivity contribution in [3.8, 4) is 11.4 Å². The van der Waals surface area contributed by atoms with Crippen molar-refractivity contribution in [1.29, 1.82) is 0 Å². The van der Waals surface area contributed by atoms with E-state index >= 15 is 0 Å². The van der Waals surface area contributed by atoms with Gasteiger partial charge in [-0.25, -0.2) is 19.9 Å². The van der Waals surface area contributed by atoms with Crippen molar-refractivity contribution in [1.82, 2.24) is 39.5 Å². The Hall–Kier alpha value is -9.77. The second-order valence-electron chi connectivity index (χ2n) is 27.3. The number of fused-ring (bicyclic) bond motifs is 2. The van der Waals surface area contributed by atoms with Crippen molar-refractivity contribution in [2.24, 2.45) is 0 Å². The Morgan fingerprint density at radius 1 is 0.269 bits per heavy atom. The molecule has 0 saturated carbocycles. The molecule has 18 aromatic rings. The van der Waals surface area contributed by atoms with Gasteiger partial charge >= 0.3 is 95.3 Å². The Balaban J connectivity index is 0.000000147. The molecule has 0 fully saturated rings. The number of aryl methyl sites for hydroxylation is 2. The minimum atomic E-state index is -2.06. The Morgan fingerprint density at radius 3 is 0.714 bits per heavy atom. The third-order valence-electron chi connectivity index (χ3n) is 18.3. The number of nitrogens with zero attached hydrogens (tertiary/aromatic N) is 8. The average Bonchev–Trinajstić information content (AvgIpc) is 1.59. The van der Waals surface area contributed by atoms with Gasteiger partial charge < -0.3 is 0 Å². The molecule has 0 aliphatic heterocycles. The van der Waals surface area contributed by atoms with Gasteiger partial charge in [0.25, 0.3) is 0 Å². The Morgan fingerprint density at radius 2 is 0.487 bits per heavy atom. The van der Waals surface area contributed by atoms with E-state index in [1.54, 1.807) is 12.3 Å². The molecule has 119 heavy (non-hydrogen) atoms. The van der Waals surface area contributed by atoms with Crippen LogP contribution in [0.25, 0.3) is 33.2 Å². The predicted molar refractivity (Wildman–Crippen MR) is 519 cm³/mol. The summed E-state index contributed by atoms with van der Waals surface area (Å²) in [6.45, 7) is 6.00. The number of hydrogen-bond donors (Lipinski definition) is 0. The van der Waals surface area contributed by atoms with E-state index in [0.29, 0.717) is 5.15 Å². The second kappa shape index (κ2) is 48.5. The smallest absolute Gasteiger partial charge is 0.223 e. The first-order chi connectivity index (χ1) is 57.4. The van der Waals surface area contributed by atoms with Gasteiger partial charge in [0.1, 0.15) is 10.8 Å². The molecule has 8 nitrogen and oxygen atoms in total. The van der Waals surface area contributed by atoms with E-state index in [1.165, 1.54) is 84.5 Å². The van der Waals surface area contributed by atoms with Crippen molar-refractivity contribution >= 4 is 174 Å². The number of rotatable bonds is 16. The van der Waals surface area contributed by atoms with Crippen LogP contribution in [-0.4, -0.2) is 57.9 Å². The van der Waals surface area contributed by atoms with Gasteiger partial charge in [-0.05, 0) is 144 Å². The molecule has 18 rings (SSSR count). The molecule has 0 spiro atoms. The third-order valence-corrected chi connectivity index (χ3v) is 33.7. The maximum atomic E-state index is 5.83. The SMILES string of the molecule is C.CCn1n[c]([Sn]([CH3])([CH3])[CH3])c2ccccc21.CCn1nc(-c2ccnc(Cl)n2)c2ccccc21.Clc1ccnc(Cl)n1.[Pd].c1ccc(P(c2ccccc2)c2ccccc2)cc1.c1ccc(P(c2ccccc2)c2ccccc2)cc1.c1ccc(P(c2ccccc2)c2ccccc2)cc1.c1ccc(P(c2ccccc2)c2ccccc2)cc1. The fourth-order valence-corrected chi connectivity index (χ4v) is 26.8. The summed E-state index contributed by atoms with van der Waals surface area (Å²) in [5, 5.41) is 29.4. The van der Waals surface area contributed by atoms with Crippen LogP contribution in [0, 0.1) is 0 Å². The van der Waals surface area contributed by atoms with Crippen LogP contribution in [0.1, 0.15) is 21.3 Å². The molecular formula is C102H95Cl3N8P4PdSn. The Labute approximate surface area is 740 Å². The summed E-state index contributed by atoms with van der Waals surface area (Å²) in [6.07, 6.45) is 3.14. The summed E-state index contributed by atoms with van der Waals surface area (Å²) in [4.78, 5) is 22.6. The molecule has 4 aromatic heterocycles. The van der Waals surface area contributed by atoms with Gasteiger partial charge in [-0.15, -0.1) is 0 Å². The van der Waals surface area contributed by atoms with Gasteiger partial charge in [-0.1, -0.05) is 401 Å². The molecule has 17 heteroatoms. The zero-order valence-electron chi connectivity index (χ0n) is 66.3. The van der Waals surface area contributed by atoms with E-state index in [2.05, 4.69) is 453 Å². The maximum Gasteiger partial charge on any atom is 0.223 e. The van der Waals surface area contributed by atoms with Crippen molar-refractivity contribution in [3.05, 3.63) is 453 Å². The zero-order chi connectivity index (χ0) is 81.2. The van der Waals surface area contributed by atoms with Gasteiger partial charge in [0, 0.05) is 44.7 Å². The van der Waals surface area contributed by atoms with Crippen molar-refractivity contribution < 1.29 is 20.4 Å². The monoisotopic (exact) mass is 1890 g/mol. The molecule has 0 radical (unpaired) electrons. The van der Waals surface area contributed by atoms with Gasteiger partial charge in [-0.3, -0.25) is 4.68 Å². The zero-order valence-corrected chi connectivity index (χ0v) is 76.6. The van der Waals surface area contributed by atoms with Crippen LogP contribution >= 0.6 is 66.5 Å². The van der Waals surface area contributed by atoms with E-state index in [9.17, 15) is 0 Å². The maximum absolute atomic E-state index is 5.83. The van der Waals surface area contributed by atoms with Gasteiger partial charge in [-0.2, -0.15) is 5.10 Å². The summed E-state index contributed by atoms with van der Waals surface area (Å²) in [6, 6.07) is 149. The minimum Gasteiger partial charge on any atom is -0.264 e. The fraction of sp³-hybridized carbons (Fsp3) is 0.0784. The molecule has 0 saturated heterocycles.